The van der Waals surface area contributed by atoms with Crippen molar-refractivity contribution >= 4 is 9.84 Å². The summed E-state index contributed by atoms with van der Waals surface area (Å²) in [7, 11) is -2.95. The van der Waals surface area contributed by atoms with Crippen LogP contribution in [0.1, 0.15) is 35.7 Å². The van der Waals surface area contributed by atoms with Crippen LogP contribution in [0.2, 0.25) is 0 Å². The summed E-state index contributed by atoms with van der Waals surface area (Å²) in [5.74, 6) is 1.08. The third-order valence-corrected chi connectivity index (χ3v) is 5.47. The molecule has 2 aromatic rings. The predicted octanol–water partition coefficient (Wildman–Crippen LogP) is 1.21. The van der Waals surface area contributed by atoms with E-state index in [1.165, 1.54) is 0 Å². The first-order valence-corrected chi connectivity index (χ1v) is 8.69. The van der Waals surface area contributed by atoms with Gasteiger partial charge in [-0.15, -0.1) is 0 Å². The molecule has 1 aliphatic heterocycles. The number of sulfone groups is 1. The molecule has 21 heavy (non-hydrogen) atoms. The topological polar surface area (TPSA) is 99.1 Å². The van der Waals surface area contributed by atoms with Gasteiger partial charge in [-0.25, -0.2) is 8.42 Å². The first kappa shape index (κ1) is 14.2. The Morgan fingerprint density at radius 3 is 2.76 bits per heavy atom. The highest BCUT2D eigenvalue weighted by Gasteiger charge is 2.32. The zero-order chi connectivity index (χ0) is 14.9. The summed E-state index contributed by atoms with van der Waals surface area (Å²) in [6.45, 7) is 0. The Bertz CT molecular complexity index is 712. The molecule has 1 aromatic carbocycles. The Hall–Kier alpha value is -1.73. The number of benzene rings is 1. The molecule has 6 nitrogen and oxygen atoms in total. The highest BCUT2D eigenvalue weighted by Crippen LogP contribution is 2.27. The minimum absolute atomic E-state index is 0.108. The van der Waals surface area contributed by atoms with Crippen LogP contribution in [0.15, 0.2) is 34.9 Å². The second-order valence-corrected chi connectivity index (χ2v) is 7.60. The van der Waals surface area contributed by atoms with Crippen molar-refractivity contribution < 1.29 is 12.9 Å². The first-order chi connectivity index (χ1) is 10.0. The lowest BCUT2D eigenvalue weighted by Gasteiger charge is -2.08. The summed E-state index contributed by atoms with van der Waals surface area (Å²) in [6, 6.07) is 9.47. The Morgan fingerprint density at radius 1 is 1.33 bits per heavy atom. The van der Waals surface area contributed by atoms with Crippen molar-refractivity contribution in [2.24, 2.45) is 5.73 Å². The fourth-order valence-corrected chi connectivity index (χ4v) is 4.26. The van der Waals surface area contributed by atoms with Gasteiger partial charge in [0.25, 0.3) is 0 Å². The van der Waals surface area contributed by atoms with Gasteiger partial charge in [-0.05, 0) is 12.0 Å². The Kier molecular flexibility index (Phi) is 3.77. The van der Waals surface area contributed by atoms with Crippen LogP contribution in [-0.2, 0) is 16.3 Å². The number of aromatic nitrogens is 2. The normalized spacial score (nSPS) is 22.2. The lowest BCUT2D eigenvalue weighted by Crippen LogP contribution is -2.13. The number of nitrogens with zero attached hydrogens (tertiary/aromatic N) is 2. The van der Waals surface area contributed by atoms with E-state index in [9.17, 15) is 8.42 Å². The minimum Gasteiger partial charge on any atom is -0.339 e. The molecule has 7 heteroatoms. The average molecular weight is 307 g/mol. The Balaban J connectivity index is 1.68. The largest absolute Gasteiger partial charge is 0.339 e. The molecule has 1 aliphatic rings. The average Bonchev–Trinajstić information content (AvgIpc) is 3.06. The molecular formula is C14H17N3O3S. The second-order valence-electron chi connectivity index (χ2n) is 5.37. The molecule has 0 spiro atoms. The van der Waals surface area contributed by atoms with Crippen molar-refractivity contribution in [1.82, 2.24) is 10.1 Å². The zero-order valence-corrected chi connectivity index (χ0v) is 12.3. The van der Waals surface area contributed by atoms with E-state index in [0.29, 0.717) is 24.6 Å². The maximum absolute atomic E-state index is 11.5. The molecule has 0 aliphatic carbocycles. The van der Waals surface area contributed by atoms with E-state index in [2.05, 4.69) is 10.1 Å². The summed E-state index contributed by atoms with van der Waals surface area (Å²) in [4.78, 5) is 4.30. The summed E-state index contributed by atoms with van der Waals surface area (Å²) in [5.41, 5.74) is 7.11. The zero-order valence-electron chi connectivity index (χ0n) is 11.5. The van der Waals surface area contributed by atoms with Gasteiger partial charge in [-0.1, -0.05) is 35.5 Å². The predicted molar refractivity (Wildman–Crippen MR) is 77.4 cm³/mol. The molecule has 3 rings (SSSR count). The molecule has 2 unspecified atom stereocenters. The van der Waals surface area contributed by atoms with Crippen molar-refractivity contribution in [2.45, 2.75) is 24.8 Å². The summed E-state index contributed by atoms with van der Waals surface area (Å²) in [5, 5.41) is 3.90. The van der Waals surface area contributed by atoms with Crippen LogP contribution in [0.5, 0.6) is 0 Å². The van der Waals surface area contributed by atoms with Gasteiger partial charge in [0.05, 0.1) is 11.5 Å². The number of hydrogen-bond donors (Lipinski definition) is 1. The van der Waals surface area contributed by atoms with Gasteiger partial charge < -0.3 is 10.3 Å². The quantitative estimate of drug-likeness (QED) is 0.911. The molecule has 0 saturated carbocycles. The maximum Gasteiger partial charge on any atom is 0.228 e. The highest BCUT2D eigenvalue weighted by molar-refractivity contribution is 7.91. The van der Waals surface area contributed by atoms with Crippen molar-refractivity contribution in [3.8, 4) is 0 Å². The van der Waals surface area contributed by atoms with Crippen molar-refractivity contribution in [2.75, 3.05) is 11.5 Å². The van der Waals surface area contributed by atoms with Gasteiger partial charge in [0.15, 0.2) is 15.7 Å². The van der Waals surface area contributed by atoms with E-state index in [-0.39, 0.29) is 23.5 Å². The molecule has 112 valence electrons. The fourth-order valence-electron chi connectivity index (χ4n) is 2.52. The third kappa shape index (κ3) is 3.30. The van der Waals surface area contributed by atoms with E-state index in [0.717, 1.165) is 5.56 Å². The van der Waals surface area contributed by atoms with Crippen LogP contribution in [0.25, 0.3) is 0 Å². The fraction of sp³-hybridized carbons (Fsp3) is 0.429. The van der Waals surface area contributed by atoms with Crippen molar-refractivity contribution in [3.63, 3.8) is 0 Å². The lowest BCUT2D eigenvalue weighted by molar-refractivity contribution is 0.363. The number of hydrogen-bond acceptors (Lipinski definition) is 6. The maximum atomic E-state index is 11.5. The van der Waals surface area contributed by atoms with Crippen molar-refractivity contribution in [3.05, 3.63) is 47.6 Å². The van der Waals surface area contributed by atoms with Gasteiger partial charge >= 0.3 is 0 Å². The van der Waals surface area contributed by atoms with Gasteiger partial charge in [0.1, 0.15) is 0 Å². The molecule has 0 amide bonds. The molecule has 1 fully saturated rings. The molecular weight excluding hydrogens is 290 g/mol. The summed E-state index contributed by atoms with van der Waals surface area (Å²) < 4.78 is 28.2. The van der Waals surface area contributed by atoms with E-state index in [1.54, 1.807) is 0 Å². The van der Waals surface area contributed by atoms with Crippen LogP contribution in [0.3, 0.4) is 0 Å². The van der Waals surface area contributed by atoms with E-state index >= 15 is 0 Å². The monoisotopic (exact) mass is 307 g/mol. The number of nitrogens with two attached hydrogens (primary N) is 1. The summed E-state index contributed by atoms with van der Waals surface area (Å²) >= 11 is 0. The third-order valence-electron chi connectivity index (χ3n) is 3.70. The molecule has 0 bridgehead atoms. The van der Waals surface area contributed by atoms with Crippen molar-refractivity contribution in [1.29, 1.82) is 0 Å². The Morgan fingerprint density at radius 2 is 2.10 bits per heavy atom. The molecule has 2 N–H and O–H groups in total. The molecule has 0 radical (unpaired) electrons. The summed E-state index contributed by atoms with van der Waals surface area (Å²) in [6.07, 6.45) is 1.00. The van der Waals surface area contributed by atoms with Gasteiger partial charge in [-0.2, -0.15) is 4.98 Å². The SMILES string of the molecule is NC(Cc1nc(C2CCS(=O)(=O)C2)no1)c1ccccc1. The van der Waals surface area contributed by atoms with E-state index < -0.39 is 9.84 Å². The van der Waals surface area contributed by atoms with Crippen LogP contribution in [0.4, 0.5) is 0 Å². The first-order valence-electron chi connectivity index (χ1n) is 6.87. The van der Waals surface area contributed by atoms with Crippen LogP contribution < -0.4 is 5.73 Å². The van der Waals surface area contributed by atoms with Gasteiger partial charge in [-0.3, -0.25) is 0 Å². The molecule has 2 atom stereocenters. The second kappa shape index (κ2) is 5.57. The lowest BCUT2D eigenvalue weighted by atomic mass is 10.1. The van der Waals surface area contributed by atoms with E-state index in [4.69, 9.17) is 10.3 Å². The van der Waals surface area contributed by atoms with E-state index in [1.807, 2.05) is 30.3 Å². The molecule has 1 aromatic heterocycles. The van der Waals surface area contributed by atoms with Crippen LogP contribution >= 0.6 is 0 Å². The number of rotatable bonds is 4. The van der Waals surface area contributed by atoms with Gasteiger partial charge in [0.2, 0.25) is 5.89 Å². The minimum atomic E-state index is -2.95. The Labute approximate surface area is 123 Å². The highest BCUT2D eigenvalue weighted by atomic mass is 32.2. The molecule has 2 heterocycles. The standard InChI is InChI=1S/C14H17N3O3S/c15-12(10-4-2-1-3-5-10)8-13-16-14(17-20-13)11-6-7-21(18,19)9-11/h1-5,11-12H,6-9,15H2. The van der Waals surface area contributed by atoms with Crippen LogP contribution in [0, 0.1) is 0 Å². The van der Waals surface area contributed by atoms with Gasteiger partial charge in [0, 0.05) is 18.4 Å². The molecule has 1 saturated heterocycles. The van der Waals surface area contributed by atoms with Crippen LogP contribution in [-0.4, -0.2) is 30.1 Å². The smallest absolute Gasteiger partial charge is 0.228 e.